The molecule has 0 radical (unpaired) electrons. The molecule has 2 aromatic rings. The van der Waals surface area contributed by atoms with Crippen LogP contribution in [-0.4, -0.2) is 86.1 Å². The maximum absolute atomic E-state index is 14.9. The second-order valence-corrected chi connectivity index (χ2v) is 10.8. The Labute approximate surface area is 226 Å². The van der Waals surface area contributed by atoms with Crippen LogP contribution in [0.15, 0.2) is 42.5 Å². The van der Waals surface area contributed by atoms with Gasteiger partial charge in [0.25, 0.3) is 5.92 Å². The molecule has 2 fully saturated rings. The van der Waals surface area contributed by atoms with Crippen LogP contribution in [0, 0.1) is 10.8 Å². The van der Waals surface area contributed by atoms with Crippen molar-refractivity contribution in [3.63, 3.8) is 0 Å². The number of halogens is 2. The lowest BCUT2D eigenvalue weighted by Crippen LogP contribution is -2.47. The summed E-state index contributed by atoms with van der Waals surface area (Å²) in [6.07, 6.45) is 0.491. The summed E-state index contributed by atoms with van der Waals surface area (Å²) in [6.45, 7) is 7.92. The number of nitrogens with one attached hydrogen (secondary N) is 2. The van der Waals surface area contributed by atoms with Gasteiger partial charge in [0, 0.05) is 48.3 Å². The zero-order valence-corrected chi connectivity index (χ0v) is 22.3. The van der Waals surface area contributed by atoms with Crippen molar-refractivity contribution in [1.29, 1.82) is 5.41 Å². The summed E-state index contributed by atoms with van der Waals surface area (Å²) < 4.78 is 40.5. The summed E-state index contributed by atoms with van der Waals surface area (Å²) in [5, 5.41) is 11.3. The van der Waals surface area contributed by atoms with Gasteiger partial charge in [0.2, 0.25) is 5.91 Å². The van der Waals surface area contributed by atoms with Crippen molar-refractivity contribution in [3.8, 4) is 11.1 Å². The SMILES string of the molecule is CCOC(=O)[C@@H]1C[C@](C)(CN2CCOCC2)CN1C(=O)CNC(=N)c1ccc2c(c1)-c1ccccc1C2(F)F. The molecule has 3 aliphatic rings. The highest BCUT2D eigenvalue weighted by molar-refractivity contribution is 6.00. The molecule has 2 aromatic carbocycles. The first-order valence-corrected chi connectivity index (χ1v) is 13.3. The van der Waals surface area contributed by atoms with Crippen LogP contribution in [0.1, 0.15) is 37.0 Å². The minimum absolute atomic E-state index is 0.0500. The van der Waals surface area contributed by atoms with Gasteiger partial charge in [-0.2, -0.15) is 8.78 Å². The van der Waals surface area contributed by atoms with E-state index in [9.17, 15) is 18.4 Å². The maximum Gasteiger partial charge on any atom is 0.328 e. The Bertz CT molecular complexity index is 1280. The van der Waals surface area contributed by atoms with Gasteiger partial charge in [0.15, 0.2) is 0 Å². The van der Waals surface area contributed by atoms with Crippen molar-refractivity contribution >= 4 is 17.7 Å². The van der Waals surface area contributed by atoms with Gasteiger partial charge >= 0.3 is 5.97 Å². The normalized spacial score (nSPS) is 23.7. The molecule has 2 aliphatic heterocycles. The molecular formula is C29H34F2N4O4. The second-order valence-electron chi connectivity index (χ2n) is 10.8. The van der Waals surface area contributed by atoms with E-state index in [1.807, 2.05) is 0 Å². The molecule has 0 spiro atoms. The highest BCUT2D eigenvalue weighted by Crippen LogP contribution is 2.50. The number of ether oxygens (including phenoxy) is 2. The van der Waals surface area contributed by atoms with E-state index < -0.39 is 17.9 Å². The monoisotopic (exact) mass is 540 g/mol. The molecule has 0 bridgehead atoms. The number of alkyl halides is 2. The number of amides is 1. The van der Waals surface area contributed by atoms with Gasteiger partial charge in [0.1, 0.15) is 11.9 Å². The van der Waals surface area contributed by atoms with Gasteiger partial charge in [-0.3, -0.25) is 15.1 Å². The lowest BCUT2D eigenvalue weighted by molar-refractivity contribution is -0.152. The number of carbonyl (C=O) groups excluding carboxylic acids is 2. The third kappa shape index (κ3) is 5.27. The highest BCUT2D eigenvalue weighted by atomic mass is 19.3. The van der Waals surface area contributed by atoms with E-state index in [0.717, 1.165) is 19.6 Å². The van der Waals surface area contributed by atoms with E-state index in [0.29, 0.717) is 42.9 Å². The number of esters is 1. The van der Waals surface area contributed by atoms with Crippen LogP contribution in [0.3, 0.4) is 0 Å². The third-order valence-electron chi connectivity index (χ3n) is 7.82. The van der Waals surface area contributed by atoms with E-state index in [1.54, 1.807) is 36.1 Å². The van der Waals surface area contributed by atoms with Crippen molar-refractivity contribution in [2.75, 3.05) is 52.5 Å². The number of morpholine rings is 1. The average molecular weight is 541 g/mol. The topological polar surface area (TPSA) is 95.0 Å². The maximum atomic E-state index is 14.9. The van der Waals surface area contributed by atoms with E-state index in [1.165, 1.54) is 18.2 Å². The van der Waals surface area contributed by atoms with E-state index in [-0.39, 0.29) is 41.4 Å². The predicted molar refractivity (Wildman–Crippen MR) is 142 cm³/mol. The highest BCUT2D eigenvalue weighted by Gasteiger charge is 2.47. The summed E-state index contributed by atoms with van der Waals surface area (Å²) in [4.78, 5) is 30.0. The fourth-order valence-electron chi connectivity index (χ4n) is 5.99. The molecule has 0 aromatic heterocycles. The molecule has 39 heavy (non-hydrogen) atoms. The molecule has 0 saturated carbocycles. The number of likely N-dealkylation sites (tertiary alicyclic amines) is 1. The van der Waals surface area contributed by atoms with E-state index in [4.69, 9.17) is 14.9 Å². The van der Waals surface area contributed by atoms with Gasteiger partial charge in [0.05, 0.1) is 26.4 Å². The molecular weight excluding hydrogens is 506 g/mol. The molecule has 1 amide bonds. The number of nitrogens with zero attached hydrogens (tertiary/aromatic N) is 2. The van der Waals surface area contributed by atoms with Crippen LogP contribution in [0.4, 0.5) is 8.78 Å². The molecule has 208 valence electrons. The zero-order valence-electron chi connectivity index (χ0n) is 22.3. The molecule has 1 aliphatic carbocycles. The number of benzene rings is 2. The lowest BCUT2D eigenvalue weighted by atomic mass is 9.87. The third-order valence-corrected chi connectivity index (χ3v) is 7.82. The van der Waals surface area contributed by atoms with Gasteiger partial charge in [-0.25, -0.2) is 4.79 Å². The van der Waals surface area contributed by atoms with Crippen LogP contribution in [-0.2, 0) is 25.0 Å². The summed E-state index contributed by atoms with van der Waals surface area (Å²) in [6, 6.07) is 10.0. The first-order valence-electron chi connectivity index (χ1n) is 13.3. The number of rotatable bonds is 7. The molecule has 2 saturated heterocycles. The predicted octanol–water partition coefficient (Wildman–Crippen LogP) is 3.22. The van der Waals surface area contributed by atoms with Crippen molar-refractivity contribution in [1.82, 2.24) is 15.1 Å². The fourth-order valence-corrected chi connectivity index (χ4v) is 5.99. The van der Waals surface area contributed by atoms with Crippen molar-refractivity contribution in [3.05, 3.63) is 59.2 Å². The number of hydrogen-bond acceptors (Lipinski definition) is 6. The van der Waals surface area contributed by atoms with Gasteiger partial charge < -0.3 is 19.7 Å². The zero-order chi connectivity index (χ0) is 27.8. The minimum Gasteiger partial charge on any atom is -0.464 e. The Hall–Kier alpha value is -3.37. The number of hydrogen-bond donors (Lipinski definition) is 2. The minimum atomic E-state index is -3.10. The Morgan fingerprint density at radius 1 is 1.13 bits per heavy atom. The summed E-state index contributed by atoms with van der Waals surface area (Å²) >= 11 is 0. The van der Waals surface area contributed by atoms with Crippen molar-refractivity contribution in [2.45, 2.75) is 32.2 Å². The quantitative estimate of drug-likeness (QED) is 0.318. The Morgan fingerprint density at radius 3 is 2.59 bits per heavy atom. The van der Waals surface area contributed by atoms with Gasteiger partial charge in [-0.15, -0.1) is 0 Å². The average Bonchev–Trinajstić information content (AvgIpc) is 3.39. The van der Waals surface area contributed by atoms with Gasteiger partial charge in [-0.05, 0) is 30.5 Å². The van der Waals surface area contributed by atoms with Crippen LogP contribution in [0.2, 0.25) is 0 Å². The molecule has 5 rings (SSSR count). The Balaban J connectivity index is 1.28. The molecule has 2 heterocycles. The molecule has 2 atom stereocenters. The van der Waals surface area contributed by atoms with Crippen LogP contribution in [0.25, 0.3) is 11.1 Å². The molecule has 0 unspecified atom stereocenters. The molecule has 2 N–H and O–H groups in total. The van der Waals surface area contributed by atoms with Gasteiger partial charge in [-0.1, -0.05) is 43.3 Å². The number of fused-ring (bicyclic) bond motifs is 3. The van der Waals surface area contributed by atoms with Crippen LogP contribution >= 0.6 is 0 Å². The lowest BCUT2D eigenvalue weighted by Gasteiger charge is -2.34. The van der Waals surface area contributed by atoms with E-state index >= 15 is 0 Å². The summed E-state index contributed by atoms with van der Waals surface area (Å²) in [5.41, 5.74) is 0.783. The largest absolute Gasteiger partial charge is 0.464 e. The second kappa shape index (κ2) is 10.7. The smallest absolute Gasteiger partial charge is 0.328 e. The number of carbonyl (C=O) groups is 2. The Morgan fingerprint density at radius 2 is 1.85 bits per heavy atom. The summed E-state index contributed by atoms with van der Waals surface area (Å²) in [7, 11) is 0. The Kier molecular flexibility index (Phi) is 7.43. The molecule has 10 heteroatoms. The summed E-state index contributed by atoms with van der Waals surface area (Å²) in [5.74, 6) is -3.89. The van der Waals surface area contributed by atoms with Crippen molar-refractivity contribution < 1.29 is 27.8 Å². The van der Waals surface area contributed by atoms with E-state index in [2.05, 4.69) is 17.1 Å². The number of amidine groups is 1. The van der Waals surface area contributed by atoms with Crippen LogP contribution in [0.5, 0.6) is 0 Å². The fraction of sp³-hybridized carbons (Fsp3) is 0.483. The first kappa shape index (κ1) is 27.2. The standard InChI is InChI=1S/C29H34F2N4O4/c1-3-39-27(37)24-15-28(2,17-34-10-12-38-13-11-34)18-35(24)25(36)16-33-26(32)19-8-9-23-21(14-19)20-6-4-5-7-22(20)29(23,30)31/h4-9,14,24H,3,10-13,15-18H2,1-2H3,(H2,32,33)/t24-,28+/m0/s1. The first-order chi connectivity index (χ1) is 18.6. The van der Waals surface area contributed by atoms with Crippen molar-refractivity contribution in [2.24, 2.45) is 5.41 Å². The van der Waals surface area contributed by atoms with Crippen LogP contribution < -0.4 is 5.32 Å². The molecule has 8 nitrogen and oxygen atoms in total.